The largest absolute Gasteiger partial charge is 0.497 e. The molecule has 0 aliphatic carbocycles. The molecule has 0 spiro atoms. The first kappa shape index (κ1) is 16.5. The van der Waals surface area contributed by atoms with Gasteiger partial charge in [-0.3, -0.25) is 0 Å². The predicted molar refractivity (Wildman–Crippen MR) is 77.7 cm³/mol. The van der Waals surface area contributed by atoms with Crippen LogP contribution in [0.3, 0.4) is 0 Å². The Labute approximate surface area is 120 Å². The lowest BCUT2D eigenvalue weighted by Gasteiger charge is -2.35. The number of esters is 1. The predicted octanol–water partition coefficient (Wildman–Crippen LogP) is 2.43. The van der Waals surface area contributed by atoms with Crippen LogP contribution >= 0.6 is 0 Å². The highest BCUT2D eigenvalue weighted by Gasteiger charge is 2.45. The second-order valence-corrected chi connectivity index (χ2v) is 5.42. The summed E-state index contributed by atoms with van der Waals surface area (Å²) < 4.78 is 9.87. The van der Waals surface area contributed by atoms with Crippen LogP contribution in [0.15, 0.2) is 24.3 Å². The van der Waals surface area contributed by atoms with Crippen molar-refractivity contribution < 1.29 is 19.4 Å². The molecule has 112 valence electrons. The molecule has 0 amide bonds. The zero-order valence-electron chi connectivity index (χ0n) is 12.8. The number of benzene rings is 1. The molecule has 20 heavy (non-hydrogen) atoms. The monoisotopic (exact) mass is 280 g/mol. The summed E-state index contributed by atoms with van der Waals surface area (Å²) in [5, 5.41) is 10.7. The third kappa shape index (κ3) is 3.31. The Morgan fingerprint density at radius 1 is 1.20 bits per heavy atom. The molecule has 0 aliphatic rings. The molecule has 0 fully saturated rings. The van der Waals surface area contributed by atoms with Gasteiger partial charge < -0.3 is 14.6 Å². The minimum Gasteiger partial charge on any atom is -0.497 e. The van der Waals surface area contributed by atoms with Crippen LogP contribution in [0.1, 0.15) is 26.3 Å². The summed E-state index contributed by atoms with van der Waals surface area (Å²) in [6.45, 7) is 5.50. The smallest absolute Gasteiger partial charge is 0.338 e. The molecule has 0 aromatic heterocycles. The molecule has 4 nitrogen and oxygen atoms in total. The van der Waals surface area contributed by atoms with Gasteiger partial charge in [-0.25, -0.2) is 4.79 Å². The number of aliphatic hydroxyl groups is 1. The summed E-state index contributed by atoms with van der Waals surface area (Å²) in [5.74, 6) is -0.256. The molecular weight excluding hydrogens is 256 g/mol. The number of rotatable bonds is 6. The zero-order chi connectivity index (χ0) is 15.3. The maximum atomic E-state index is 11.9. The van der Waals surface area contributed by atoms with Gasteiger partial charge in [-0.15, -0.1) is 0 Å². The third-order valence-electron chi connectivity index (χ3n) is 3.84. The van der Waals surface area contributed by atoms with E-state index in [9.17, 15) is 9.90 Å². The van der Waals surface area contributed by atoms with Gasteiger partial charge in [0.1, 0.15) is 5.75 Å². The minimum atomic E-state index is -1.48. The number of carbonyl (C=O) groups is 1. The van der Waals surface area contributed by atoms with Gasteiger partial charge in [0.25, 0.3) is 0 Å². The lowest BCUT2D eigenvalue weighted by atomic mass is 9.76. The molecule has 4 heteroatoms. The molecule has 0 saturated heterocycles. The highest BCUT2D eigenvalue weighted by atomic mass is 16.5. The first-order chi connectivity index (χ1) is 9.36. The van der Waals surface area contributed by atoms with Crippen LogP contribution in [0.25, 0.3) is 0 Å². The lowest BCUT2D eigenvalue weighted by Crippen LogP contribution is -2.50. The van der Waals surface area contributed by atoms with Crippen LogP contribution in [-0.2, 0) is 16.0 Å². The van der Waals surface area contributed by atoms with Gasteiger partial charge in [0.05, 0.1) is 14.2 Å². The van der Waals surface area contributed by atoms with Crippen LogP contribution in [0.4, 0.5) is 0 Å². The van der Waals surface area contributed by atoms with Crippen molar-refractivity contribution >= 4 is 5.97 Å². The fourth-order valence-electron chi connectivity index (χ4n) is 2.44. The summed E-state index contributed by atoms with van der Waals surface area (Å²) in [4.78, 5) is 11.9. The molecule has 0 heterocycles. The van der Waals surface area contributed by atoms with E-state index in [1.807, 2.05) is 45.0 Å². The van der Waals surface area contributed by atoms with E-state index >= 15 is 0 Å². The Hall–Kier alpha value is -1.55. The molecule has 0 radical (unpaired) electrons. The summed E-state index contributed by atoms with van der Waals surface area (Å²) >= 11 is 0. The van der Waals surface area contributed by atoms with Gasteiger partial charge >= 0.3 is 5.97 Å². The molecule has 0 bridgehead atoms. The first-order valence-electron chi connectivity index (χ1n) is 6.80. The van der Waals surface area contributed by atoms with Gasteiger partial charge in [0.2, 0.25) is 0 Å². The topological polar surface area (TPSA) is 55.8 Å². The second kappa shape index (κ2) is 6.75. The van der Waals surface area contributed by atoms with E-state index in [1.54, 1.807) is 7.11 Å². The summed E-state index contributed by atoms with van der Waals surface area (Å²) in [6.07, 6.45) is 0.591. The van der Waals surface area contributed by atoms with Gasteiger partial charge in [-0.2, -0.15) is 0 Å². The molecule has 1 aromatic rings. The zero-order valence-corrected chi connectivity index (χ0v) is 12.8. The SMILES string of the molecule is COC(=O)C(O)(C(C)C)C(C)Cc1ccc(OC)cc1. The van der Waals surface area contributed by atoms with Crippen molar-refractivity contribution in [2.75, 3.05) is 14.2 Å². The fourth-order valence-corrected chi connectivity index (χ4v) is 2.44. The van der Waals surface area contributed by atoms with E-state index in [-0.39, 0.29) is 11.8 Å². The Balaban J connectivity index is 2.90. The van der Waals surface area contributed by atoms with Gasteiger partial charge in [0.15, 0.2) is 5.60 Å². The maximum Gasteiger partial charge on any atom is 0.338 e. The summed E-state index contributed by atoms with van der Waals surface area (Å²) in [6, 6.07) is 7.62. The number of carbonyl (C=O) groups excluding carboxylic acids is 1. The Kier molecular flexibility index (Phi) is 5.57. The van der Waals surface area contributed by atoms with Crippen LogP contribution in [0.5, 0.6) is 5.75 Å². The summed E-state index contributed by atoms with van der Waals surface area (Å²) in [5.41, 5.74) is -0.435. The van der Waals surface area contributed by atoms with E-state index in [1.165, 1.54) is 7.11 Å². The number of hydrogen-bond donors (Lipinski definition) is 1. The normalized spacial score (nSPS) is 15.6. The Bertz CT molecular complexity index is 438. The van der Waals surface area contributed by atoms with Crippen molar-refractivity contribution in [1.82, 2.24) is 0 Å². The molecular formula is C16H24O4. The quantitative estimate of drug-likeness (QED) is 0.813. The van der Waals surface area contributed by atoms with Crippen molar-refractivity contribution in [1.29, 1.82) is 0 Å². The molecule has 0 saturated carbocycles. The number of methoxy groups -OCH3 is 2. The van der Waals surface area contributed by atoms with Gasteiger partial charge in [-0.05, 0) is 36.0 Å². The van der Waals surface area contributed by atoms with Crippen LogP contribution in [0.2, 0.25) is 0 Å². The first-order valence-corrected chi connectivity index (χ1v) is 6.80. The van der Waals surface area contributed by atoms with Crippen molar-refractivity contribution in [3.63, 3.8) is 0 Å². The van der Waals surface area contributed by atoms with Crippen molar-refractivity contribution in [2.45, 2.75) is 32.8 Å². The van der Waals surface area contributed by atoms with Gasteiger partial charge in [0, 0.05) is 0 Å². The van der Waals surface area contributed by atoms with E-state index in [0.29, 0.717) is 6.42 Å². The molecule has 1 aromatic carbocycles. The molecule has 2 atom stereocenters. The summed E-state index contributed by atoms with van der Waals surface area (Å²) in [7, 11) is 2.92. The fraction of sp³-hybridized carbons (Fsp3) is 0.562. The minimum absolute atomic E-state index is 0.219. The van der Waals surface area contributed by atoms with Gasteiger partial charge in [-0.1, -0.05) is 32.9 Å². The van der Waals surface area contributed by atoms with Crippen LogP contribution < -0.4 is 4.74 Å². The second-order valence-electron chi connectivity index (χ2n) is 5.42. The Morgan fingerprint density at radius 2 is 1.75 bits per heavy atom. The van der Waals surface area contributed by atoms with Crippen LogP contribution in [0, 0.1) is 11.8 Å². The Morgan fingerprint density at radius 3 is 2.15 bits per heavy atom. The standard InChI is InChI=1S/C16H24O4/c1-11(2)16(18,15(17)20-5)12(3)10-13-6-8-14(19-4)9-7-13/h6-9,11-12,18H,10H2,1-5H3. The average molecular weight is 280 g/mol. The lowest BCUT2D eigenvalue weighted by molar-refractivity contribution is -0.174. The maximum absolute atomic E-state index is 11.9. The number of hydrogen-bond acceptors (Lipinski definition) is 4. The molecule has 1 N–H and O–H groups in total. The van der Waals surface area contributed by atoms with E-state index in [0.717, 1.165) is 11.3 Å². The van der Waals surface area contributed by atoms with Crippen molar-refractivity contribution in [3.05, 3.63) is 29.8 Å². The van der Waals surface area contributed by atoms with Crippen LogP contribution in [-0.4, -0.2) is 30.9 Å². The number of ether oxygens (including phenoxy) is 2. The highest BCUT2D eigenvalue weighted by Crippen LogP contribution is 2.30. The van der Waals surface area contributed by atoms with E-state index in [4.69, 9.17) is 9.47 Å². The molecule has 2 unspecified atom stereocenters. The molecule has 0 aliphatic heterocycles. The van der Waals surface area contributed by atoms with Crippen molar-refractivity contribution in [3.8, 4) is 5.75 Å². The third-order valence-corrected chi connectivity index (χ3v) is 3.84. The average Bonchev–Trinajstić information content (AvgIpc) is 2.45. The highest BCUT2D eigenvalue weighted by molar-refractivity contribution is 5.80. The van der Waals surface area contributed by atoms with E-state index in [2.05, 4.69) is 0 Å². The molecule has 1 rings (SSSR count). The van der Waals surface area contributed by atoms with Crippen molar-refractivity contribution in [2.24, 2.45) is 11.8 Å². The van der Waals surface area contributed by atoms with E-state index < -0.39 is 11.6 Å².